The summed E-state index contributed by atoms with van der Waals surface area (Å²) in [6.07, 6.45) is 6.72. The molecule has 1 atom stereocenters. The number of hydrogen-bond donors (Lipinski definition) is 0. The van der Waals surface area contributed by atoms with Crippen molar-refractivity contribution in [1.29, 1.82) is 0 Å². The van der Waals surface area contributed by atoms with Crippen LogP contribution in [0.3, 0.4) is 0 Å². The van der Waals surface area contributed by atoms with E-state index in [0.29, 0.717) is 5.41 Å². The molecule has 0 aromatic heterocycles. The third-order valence-electron chi connectivity index (χ3n) is 3.58. The molecule has 0 saturated heterocycles. The zero-order chi connectivity index (χ0) is 10.3. The van der Waals surface area contributed by atoms with Gasteiger partial charge in [0, 0.05) is 5.33 Å². The van der Waals surface area contributed by atoms with Crippen molar-refractivity contribution in [3.8, 4) is 0 Å². The summed E-state index contributed by atoms with van der Waals surface area (Å²) in [5, 5.41) is 1.16. The maximum Gasteiger partial charge on any atom is 0.00339 e. The fourth-order valence-corrected chi connectivity index (χ4v) is 2.49. The van der Waals surface area contributed by atoms with Crippen LogP contribution in [0.15, 0.2) is 0 Å². The fraction of sp³-hybridized carbons (Fsp3) is 1.00. The van der Waals surface area contributed by atoms with Gasteiger partial charge in [0.2, 0.25) is 0 Å². The Bertz CT molecular complexity index is 116. The lowest BCUT2D eigenvalue weighted by Gasteiger charge is -2.31. The van der Waals surface area contributed by atoms with Crippen LogP contribution in [0, 0.1) is 11.3 Å². The van der Waals surface area contributed by atoms with Crippen LogP contribution in [0.4, 0.5) is 0 Å². The first kappa shape index (κ1) is 13.5. The highest BCUT2D eigenvalue weighted by atomic mass is 79.9. The number of halogens is 1. The standard InChI is InChI=1S/C12H25Br/c1-5-11(8-9-13)10-12(4,6-2)7-3/h11H,5-10H2,1-4H3. The van der Waals surface area contributed by atoms with E-state index in [2.05, 4.69) is 43.6 Å². The highest BCUT2D eigenvalue weighted by Gasteiger charge is 2.23. The average molecular weight is 249 g/mol. The Morgan fingerprint density at radius 3 is 2.00 bits per heavy atom. The Morgan fingerprint density at radius 1 is 1.15 bits per heavy atom. The van der Waals surface area contributed by atoms with E-state index in [0.717, 1.165) is 11.2 Å². The van der Waals surface area contributed by atoms with Crippen LogP contribution < -0.4 is 0 Å². The lowest BCUT2D eigenvalue weighted by Crippen LogP contribution is -2.19. The molecule has 0 aromatic rings. The minimum absolute atomic E-state index is 0.586. The van der Waals surface area contributed by atoms with E-state index in [9.17, 15) is 0 Å². The van der Waals surface area contributed by atoms with Crippen LogP contribution in [0.1, 0.15) is 59.8 Å². The van der Waals surface area contributed by atoms with E-state index >= 15 is 0 Å². The van der Waals surface area contributed by atoms with Crippen molar-refractivity contribution in [1.82, 2.24) is 0 Å². The fourth-order valence-electron chi connectivity index (χ4n) is 1.84. The van der Waals surface area contributed by atoms with Gasteiger partial charge in [0.15, 0.2) is 0 Å². The Labute approximate surface area is 92.6 Å². The van der Waals surface area contributed by atoms with Gasteiger partial charge in [-0.25, -0.2) is 0 Å². The number of rotatable bonds is 7. The van der Waals surface area contributed by atoms with Crippen molar-refractivity contribution in [2.24, 2.45) is 11.3 Å². The van der Waals surface area contributed by atoms with E-state index in [1.54, 1.807) is 0 Å². The lowest BCUT2D eigenvalue weighted by molar-refractivity contribution is 0.214. The quantitative estimate of drug-likeness (QED) is 0.556. The smallest absolute Gasteiger partial charge is 0.00339 e. The molecule has 0 aromatic carbocycles. The van der Waals surface area contributed by atoms with E-state index < -0.39 is 0 Å². The zero-order valence-corrected chi connectivity index (χ0v) is 11.3. The van der Waals surface area contributed by atoms with Gasteiger partial charge in [-0.1, -0.05) is 62.9 Å². The summed E-state index contributed by atoms with van der Waals surface area (Å²) in [5.41, 5.74) is 0.586. The Kier molecular flexibility index (Phi) is 7.12. The molecule has 0 aliphatic rings. The van der Waals surface area contributed by atoms with Crippen LogP contribution in [-0.4, -0.2) is 5.33 Å². The molecule has 0 spiro atoms. The van der Waals surface area contributed by atoms with Gasteiger partial charge < -0.3 is 0 Å². The number of hydrogen-bond acceptors (Lipinski definition) is 0. The molecule has 0 saturated carbocycles. The van der Waals surface area contributed by atoms with Crippen molar-refractivity contribution in [2.75, 3.05) is 5.33 Å². The first-order chi connectivity index (χ1) is 6.11. The van der Waals surface area contributed by atoms with Gasteiger partial charge in [0.25, 0.3) is 0 Å². The third-order valence-corrected chi connectivity index (χ3v) is 4.04. The van der Waals surface area contributed by atoms with E-state index in [1.807, 2.05) is 0 Å². The second-order valence-corrected chi connectivity index (χ2v) is 5.27. The Hall–Kier alpha value is 0.480. The monoisotopic (exact) mass is 248 g/mol. The second kappa shape index (κ2) is 6.86. The van der Waals surface area contributed by atoms with E-state index in [4.69, 9.17) is 0 Å². The molecule has 13 heavy (non-hydrogen) atoms. The summed E-state index contributed by atoms with van der Waals surface area (Å²) in [4.78, 5) is 0. The topological polar surface area (TPSA) is 0 Å². The summed E-state index contributed by atoms with van der Waals surface area (Å²) in [7, 11) is 0. The van der Waals surface area contributed by atoms with Crippen LogP contribution in [0.2, 0.25) is 0 Å². The van der Waals surface area contributed by atoms with E-state index in [1.165, 1.54) is 32.1 Å². The maximum atomic E-state index is 3.54. The average Bonchev–Trinajstić information content (AvgIpc) is 2.17. The van der Waals surface area contributed by atoms with Crippen molar-refractivity contribution < 1.29 is 0 Å². The van der Waals surface area contributed by atoms with Gasteiger partial charge in [-0.15, -0.1) is 0 Å². The van der Waals surface area contributed by atoms with Crippen molar-refractivity contribution >= 4 is 15.9 Å². The molecule has 0 bridgehead atoms. The molecule has 0 aliphatic carbocycles. The normalized spacial score (nSPS) is 14.5. The van der Waals surface area contributed by atoms with Gasteiger partial charge >= 0.3 is 0 Å². The van der Waals surface area contributed by atoms with Gasteiger partial charge in [-0.2, -0.15) is 0 Å². The summed E-state index contributed by atoms with van der Waals surface area (Å²) in [6.45, 7) is 9.40. The largest absolute Gasteiger partial charge is 0.0928 e. The zero-order valence-electron chi connectivity index (χ0n) is 9.70. The molecule has 0 radical (unpaired) electrons. The molecule has 0 rings (SSSR count). The van der Waals surface area contributed by atoms with E-state index in [-0.39, 0.29) is 0 Å². The Morgan fingerprint density at radius 2 is 1.69 bits per heavy atom. The molecule has 80 valence electrons. The van der Waals surface area contributed by atoms with Crippen LogP contribution in [-0.2, 0) is 0 Å². The molecule has 0 fully saturated rings. The molecule has 0 aliphatic heterocycles. The molecule has 0 N–H and O–H groups in total. The van der Waals surface area contributed by atoms with Crippen molar-refractivity contribution in [3.63, 3.8) is 0 Å². The minimum atomic E-state index is 0.586. The third kappa shape index (κ3) is 5.05. The summed E-state index contributed by atoms with van der Waals surface area (Å²) >= 11 is 3.54. The van der Waals surface area contributed by atoms with Gasteiger partial charge in [-0.3, -0.25) is 0 Å². The van der Waals surface area contributed by atoms with Crippen LogP contribution in [0.5, 0.6) is 0 Å². The highest BCUT2D eigenvalue weighted by Crippen LogP contribution is 2.35. The molecular formula is C12H25Br. The second-order valence-electron chi connectivity index (χ2n) is 4.47. The predicted octanol–water partition coefficient (Wildman–Crippen LogP) is 5.01. The maximum absolute atomic E-state index is 3.54. The molecule has 0 nitrogen and oxygen atoms in total. The van der Waals surface area contributed by atoms with Crippen molar-refractivity contribution in [3.05, 3.63) is 0 Å². The first-order valence-corrected chi connectivity index (χ1v) is 6.80. The SMILES string of the molecule is CCC(CCBr)CC(C)(CC)CC. The molecule has 1 unspecified atom stereocenters. The molecular weight excluding hydrogens is 224 g/mol. The van der Waals surface area contributed by atoms with Crippen molar-refractivity contribution in [2.45, 2.75) is 59.8 Å². The van der Waals surface area contributed by atoms with Crippen LogP contribution >= 0.6 is 15.9 Å². The molecule has 0 amide bonds. The van der Waals surface area contributed by atoms with Crippen LogP contribution in [0.25, 0.3) is 0 Å². The summed E-state index contributed by atoms with van der Waals surface area (Å²) in [6, 6.07) is 0. The Balaban J connectivity index is 4.02. The number of alkyl halides is 1. The minimum Gasteiger partial charge on any atom is -0.0928 e. The summed E-state index contributed by atoms with van der Waals surface area (Å²) in [5.74, 6) is 0.921. The van der Waals surface area contributed by atoms with Gasteiger partial charge in [-0.05, 0) is 24.2 Å². The highest BCUT2D eigenvalue weighted by molar-refractivity contribution is 9.09. The first-order valence-electron chi connectivity index (χ1n) is 5.67. The molecule has 1 heteroatoms. The lowest BCUT2D eigenvalue weighted by atomic mass is 9.75. The predicted molar refractivity (Wildman–Crippen MR) is 65.5 cm³/mol. The van der Waals surface area contributed by atoms with Gasteiger partial charge in [0.05, 0.1) is 0 Å². The molecule has 0 heterocycles. The summed E-state index contributed by atoms with van der Waals surface area (Å²) < 4.78 is 0. The van der Waals surface area contributed by atoms with Gasteiger partial charge in [0.1, 0.15) is 0 Å².